The minimum absolute atomic E-state index is 0.0130. The normalized spacial score (nSPS) is 20.1. The number of likely N-dealkylation sites (N-methyl/N-ethyl adjacent to an activating group) is 1. The Balaban J connectivity index is 2.13. The van der Waals surface area contributed by atoms with Crippen LogP contribution >= 0.6 is 11.6 Å². The predicted octanol–water partition coefficient (Wildman–Crippen LogP) is 1.60. The molecule has 0 spiro atoms. The van der Waals surface area contributed by atoms with E-state index in [1.165, 1.54) is 22.5 Å². The molecule has 1 atom stereocenters. The maximum Gasteiger partial charge on any atom is 0.218 e. The Morgan fingerprint density at radius 2 is 2.26 bits per heavy atom. The number of halogens is 2. The lowest BCUT2D eigenvalue weighted by atomic mass is 10.2. The number of nitrogens with zero attached hydrogens (tertiary/aromatic N) is 1. The first-order chi connectivity index (χ1) is 8.90. The van der Waals surface area contributed by atoms with Gasteiger partial charge in [0.05, 0.1) is 10.8 Å². The van der Waals surface area contributed by atoms with E-state index < -0.39 is 15.8 Å². The van der Waals surface area contributed by atoms with Crippen molar-refractivity contribution in [1.29, 1.82) is 0 Å². The second-order valence-corrected chi connectivity index (χ2v) is 7.10. The number of benzene rings is 1. The molecule has 0 saturated carbocycles. The predicted molar refractivity (Wildman–Crippen MR) is 73.1 cm³/mol. The van der Waals surface area contributed by atoms with E-state index in [1.807, 2.05) is 0 Å². The fourth-order valence-electron chi connectivity index (χ4n) is 2.12. The van der Waals surface area contributed by atoms with Crippen molar-refractivity contribution in [2.45, 2.75) is 18.2 Å². The Kier molecular flexibility index (Phi) is 4.45. The van der Waals surface area contributed by atoms with Crippen molar-refractivity contribution in [3.63, 3.8) is 0 Å². The highest BCUT2D eigenvalue weighted by Crippen LogP contribution is 2.20. The van der Waals surface area contributed by atoms with E-state index in [2.05, 4.69) is 5.32 Å². The molecule has 106 valence electrons. The van der Waals surface area contributed by atoms with Gasteiger partial charge in [0.25, 0.3) is 0 Å². The van der Waals surface area contributed by atoms with Crippen LogP contribution in [0.2, 0.25) is 5.02 Å². The molecule has 1 aromatic rings. The quantitative estimate of drug-likeness (QED) is 0.919. The monoisotopic (exact) mass is 306 g/mol. The highest BCUT2D eigenvalue weighted by molar-refractivity contribution is 7.88. The van der Waals surface area contributed by atoms with Crippen molar-refractivity contribution in [2.24, 2.45) is 0 Å². The molecule has 2 rings (SSSR count). The minimum Gasteiger partial charge on any atom is -0.315 e. The molecule has 1 fully saturated rings. The van der Waals surface area contributed by atoms with Crippen LogP contribution in [-0.4, -0.2) is 38.9 Å². The van der Waals surface area contributed by atoms with Crippen molar-refractivity contribution >= 4 is 21.6 Å². The number of nitrogens with one attached hydrogen (secondary N) is 1. The van der Waals surface area contributed by atoms with Crippen LogP contribution in [0.15, 0.2) is 18.2 Å². The van der Waals surface area contributed by atoms with E-state index in [1.54, 1.807) is 7.05 Å². The van der Waals surface area contributed by atoms with Gasteiger partial charge in [0.15, 0.2) is 0 Å². The molecule has 1 N–H and O–H groups in total. The van der Waals surface area contributed by atoms with Crippen LogP contribution in [-0.2, 0) is 15.8 Å². The summed E-state index contributed by atoms with van der Waals surface area (Å²) in [5, 5.41) is 3.07. The zero-order valence-corrected chi connectivity index (χ0v) is 12.1. The largest absolute Gasteiger partial charge is 0.315 e. The summed E-state index contributed by atoms with van der Waals surface area (Å²) in [4.78, 5) is 0. The molecule has 0 aromatic heterocycles. The molecule has 0 unspecified atom stereocenters. The first-order valence-electron chi connectivity index (χ1n) is 6.00. The molecule has 1 aromatic carbocycles. The Labute approximate surface area is 117 Å². The summed E-state index contributed by atoms with van der Waals surface area (Å²) in [5.74, 6) is -0.712. The second kappa shape index (κ2) is 5.75. The van der Waals surface area contributed by atoms with Crippen molar-refractivity contribution < 1.29 is 12.8 Å². The Morgan fingerprint density at radius 3 is 2.84 bits per heavy atom. The zero-order chi connectivity index (χ0) is 14.0. The first kappa shape index (κ1) is 14.7. The van der Waals surface area contributed by atoms with E-state index in [0.717, 1.165) is 13.0 Å². The average Bonchev–Trinajstić information content (AvgIpc) is 2.86. The first-order valence-corrected chi connectivity index (χ1v) is 7.99. The molecule has 1 saturated heterocycles. The third kappa shape index (κ3) is 3.45. The second-order valence-electron chi connectivity index (χ2n) is 4.67. The highest BCUT2D eigenvalue weighted by atomic mass is 35.5. The van der Waals surface area contributed by atoms with Crippen molar-refractivity contribution in [3.05, 3.63) is 34.6 Å². The maximum absolute atomic E-state index is 13.0. The molecule has 0 bridgehead atoms. The number of rotatable bonds is 4. The lowest BCUT2D eigenvalue weighted by Crippen LogP contribution is -2.39. The molecule has 7 heteroatoms. The third-order valence-corrected chi connectivity index (χ3v) is 5.48. The summed E-state index contributed by atoms with van der Waals surface area (Å²) in [6.07, 6.45) is 0.805. The topological polar surface area (TPSA) is 49.4 Å². The summed E-state index contributed by atoms with van der Waals surface area (Å²) >= 11 is 5.66. The summed E-state index contributed by atoms with van der Waals surface area (Å²) in [5.41, 5.74) is 0.490. The van der Waals surface area contributed by atoms with Gasteiger partial charge in [0.1, 0.15) is 5.82 Å². The van der Waals surface area contributed by atoms with E-state index in [0.29, 0.717) is 12.1 Å². The van der Waals surface area contributed by atoms with E-state index in [-0.39, 0.29) is 16.8 Å². The van der Waals surface area contributed by atoms with Crippen LogP contribution in [0.1, 0.15) is 12.0 Å². The Hall–Kier alpha value is -0.690. The molecular weight excluding hydrogens is 291 g/mol. The van der Waals surface area contributed by atoms with E-state index in [9.17, 15) is 12.8 Å². The molecule has 19 heavy (non-hydrogen) atoms. The van der Waals surface area contributed by atoms with Crippen LogP contribution < -0.4 is 5.32 Å². The van der Waals surface area contributed by atoms with Crippen LogP contribution in [0.3, 0.4) is 0 Å². The number of sulfonamides is 1. The molecule has 1 aliphatic rings. The van der Waals surface area contributed by atoms with Gasteiger partial charge < -0.3 is 5.32 Å². The minimum atomic E-state index is -3.41. The maximum atomic E-state index is 13.0. The summed E-state index contributed by atoms with van der Waals surface area (Å²) in [7, 11) is -1.83. The summed E-state index contributed by atoms with van der Waals surface area (Å²) < 4.78 is 38.9. The van der Waals surface area contributed by atoms with Gasteiger partial charge in [-0.1, -0.05) is 17.7 Å². The van der Waals surface area contributed by atoms with Crippen LogP contribution in [0, 0.1) is 5.82 Å². The van der Waals surface area contributed by atoms with Crippen LogP contribution in [0.4, 0.5) is 4.39 Å². The van der Waals surface area contributed by atoms with Gasteiger partial charge in [0, 0.05) is 19.6 Å². The third-order valence-electron chi connectivity index (χ3n) is 3.32. The van der Waals surface area contributed by atoms with Gasteiger partial charge in [-0.3, -0.25) is 0 Å². The van der Waals surface area contributed by atoms with Gasteiger partial charge >= 0.3 is 0 Å². The Bertz CT molecular complexity index is 559. The van der Waals surface area contributed by atoms with Gasteiger partial charge in [-0.15, -0.1) is 0 Å². The standard InChI is InChI=1S/C12H16ClFN2O2S/c1-16(10-4-5-15-7-10)19(17,18)8-9-2-3-12(14)11(13)6-9/h2-3,6,10,15H,4-5,7-8H2,1H3/t10-/m0/s1. The molecule has 4 nitrogen and oxygen atoms in total. The zero-order valence-electron chi connectivity index (χ0n) is 10.6. The van der Waals surface area contributed by atoms with Gasteiger partial charge in [-0.25, -0.2) is 17.1 Å². The van der Waals surface area contributed by atoms with E-state index >= 15 is 0 Å². The average molecular weight is 307 g/mol. The molecule has 0 aliphatic carbocycles. The van der Waals surface area contributed by atoms with Crippen LogP contribution in [0.5, 0.6) is 0 Å². The lowest BCUT2D eigenvalue weighted by molar-refractivity contribution is 0.387. The fraction of sp³-hybridized carbons (Fsp3) is 0.500. The Morgan fingerprint density at radius 1 is 1.53 bits per heavy atom. The van der Waals surface area contributed by atoms with Crippen LogP contribution in [0.25, 0.3) is 0 Å². The van der Waals surface area contributed by atoms with Crippen molar-refractivity contribution in [1.82, 2.24) is 9.62 Å². The lowest BCUT2D eigenvalue weighted by Gasteiger charge is -2.23. The van der Waals surface area contributed by atoms with E-state index in [4.69, 9.17) is 11.6 Å². The molecule has 1 heterocycles. The molecule has 0 radical (unpaired) electrons. The van der Waals surface area contributed by atoms with Crippen molar-refractivity contribution in [2.75, 3.05) is 20.1 Å². The molecule has 1 aliphatic heterocycles. The smallest absolute Gasteiger partial charge is 0.218 e. The molecular formula is C12H16ClFN2O2S. The van der Waals surface area contributed by atoms with Gasteiger partial charge in [-0.05, 0) is 30.7 Å². The SMILES string of the molecule is CN([C@H]1CCNC1)S(=O)(=O)Cc1ccc(F)c(Cl)c1. The van der Waals surface area contributed by atoms with Gasteiger partial charge in [0.2, 0.25) is 10.0 Å². The summed E-state index contributed by atoms with van der Waals surface area (Å²) in [6.45, 7) is 1.49. The van der Waals surface area contributed by atoms with Gasteiger partial charge in [-0.2, -0.15) is 0 Å². The number of hydrogen-bond acceptors (Lipinski definition) is 3. The summed E-state index contributed by atoms with van der Waals surface area (Å²) in [6, 6.07) is 3.97. The van der Waals surface area contributed by atoms with Crippen molar-refractivity contribution in [3.8, 4) is 0 Å². The number of hydrogen-bond donors (Lipinski definition) is 1. The molecule has 0 amide bonds. The highest BCUT2D eigenvalue weighted by Gasteiger charge is 2.28. The fourth-order valence-corrected chi connectivity index (χ4v) is 3.76.